The number of hydrogen-bond donors (Lipinski definition) is 0. The van der Waals surface area contributed by atoms with Crippen LogP contribution in [0.5, 0.6) is 0 Å². The summed E-state index contributed by atoms with van der Waals surface area (Å²) in [5.41, 5.74) is 0. The first-order valence-corrected chi connectivity index (χ1v) is 7.83. The zero-order valence-corrected chi connectivity index (χ0v) is 13.9. The van der Waals surface area contributed by atoms with Crippen LogP contribution < -0.4 is 0 Å². The van der Waals surface area contributed by atoms with E-state index >= 15 is 0 Å². The van der Waals surface area contributed by atoms with Crippen molar-refractivity contribution in [3.63, 3.8) is 0 Å². The molecule has 0 aromatic rings. The molecular weight excluding hydrogens is 258 g/mol. The SMILES string of the molecule is CCOCCOCC[N+](C)(CCOCC)CCOCC. The molecule has 0 aromatic carbocycles. The van der Waals surface area contributed by atoms with Gasteiger partial charge in [0.2, 0.25) is 0 Å². The summed E-state index contributed by atoms with van der Waals surface area (Å²) in [5.74, 6) is 0. The van der Waals surface area contributed by atoms with Gasteiger partial charge in [0.15, 0.2) is 0 Å². The van der Waals surface area contributed by atoms with E-state index in [0.717, 1.165) is 63.8 Å². The second-order valence-electron chi connectivity index (χ2n) is 4.99. The minimum absolute atomic E-state index is 0.671. The van der Waals surface area contributed by atoms with Gasteiger partial charge in [-0.1, -0.05) is 0 Å². The number of hydrogen-bond acceptors (Lipinski definition) is 4. The summed E-state index contributed by atoms with van der Waals surface area (Å²) in [4.78, 5) is 0. The molecule has 0 aromatic heterocycles. The van der Waals surface area contributed by atoms with E-state index in [9.17, 15) is 0 Å². The Labute approximate surface area is 124 Å². The summed E-state index contributed by atoms with van der Waals surface area (Å²) in [6.45, 7) is 15.0. The lowest BCUT2D eigenvalue weighted by Gasteiger charge is -2.34. The smallest absolute Gasteiger partial charge is 0.102 e. The lowest BCUT2D eigenvalue weighted by molar-refractivity contribution is -0.910. The Balaban J connectivity index is 3.89. The number of rotatable bonds is 15. The van der Waals surface area contributed by atoms with E-state index < -0.39 is 0 Å². The predicted octanol–water partition coefficient (Wildman–Crippen LogP) is 1.56. The lowest BCUT2D eigenvalue weighted by Crippen LogP contribution is -2.50. The van der Waals surface area contributed by atoms with Gasteiger partial charge < -0.3 is 23.4 Å². The molecule has 0 unspecified atom stereocenters. The van der Waals surface area contributed by atoms with Crippen molar-refractivity contribution in [2.24, 2.45) is 0 Å². The van der Waals surface area contributed by atoms with E-state index in [4.69, 9.17) is 18.9 Å². The summed E-state index contributed by atoms with van der Waals surface area (Å²) in [7, 11) is 2.24. The number of quaternary nitrogens is 1. The van der Waals surface area contributed by atoms with Crippen molar-refractivity contribution in [1.82, 2.24) is 0 Å². The maximum absolute atomic E-state index is 5.62. The Morgan fingerprint density at radius 3 is 1.35 bits per heavy atom. The van der Waals surface area contributed by atoms with Gasteiger partial charge in [-0.25, -0.2) is 0 Å². The number of nitrogens with zero attached hydrogens (tertiary/aromatic N) is 1. The Bertz CT molecular complexity index is 192. The molecule has 0 rings (SSSR count). The molecule has 0 radical (unpaired) electrons. The molecule has 0 aliphatic carbocycles. The number of ether oxygens (including phenoxy) is 4. The maximum Gasteiger partial charge on any atom is 0.102 e. The molecule has 0 fully saturated rings. The normalized spacial score (nSPS) is 12.0. The highest BCUT2D eigenvalue weighted by Crippen LogP contribution is 2.03. The van der Waals surface area contributed by atoms with E-state index in [1.807, 2.05) is 20.8 Å². The molecule has 0 aliphatic rings. The summed E-state index contributed by atoms with van der Waals surface area (Å²) >= 11 is 0. The van der Waals surface area contributed by atoms with Crippen LogP contribution in [0.25, 0.3) is 0 Å². The zero-order valence-electron chi connectivity index (χ0n) is 13.9. The third kappa shape index (κ3) is 11.6. The third-order valence-corrected chi connectivity index (χ3v) is 3.31. The molecule has 0 saturated heterocycles. The highest BCUT2D eigenvalue weighted by molar-refractivity contribution is 4.42. The van der Waals surface area contributed by atoms with E-state index in [2.05, 4.69) is 7.05 Å². The van der Waals surface area contributed by atoms with Crippen LogP contribution in [0.1, 0.15) is 20.8 Å². The van der Waals surface area contributed by atoms with E-state index in [-0.39, 0.29) is 0 Å². The summed E-state index contributed by atoms with van der Waals surface area (Å²) in [6, 6.07) is 0. The summed E-state index contributed by atoms with van der Waals surface area (Å²) < 4.78 is 22.8. The molecule has 0 heterocycles. The van der Waals surface area contributed by atoms with Gasteiger partial charge >= 0.3 is 0 Å². The van der Waals surface area contributed by atoms with Crippen LogP contribution in [0.2, 0.25) is 0 Å². The minimum atomic E-state index is 0.671. The standard InChI is InChI=1S/C15H34NO4/c1-5-17-11-8-16(4,9-12-18-6-2)10-13-20-15-14-19-7-3/h5-15H2,1-4H3/q+1. The molecule has 0 saturated carbocycles. The van der Waals surface area contributed by atoms with Crippen molar-refractivity contribution in [1.29, 1.82) is 0 Å². The molecule has 0 spiro atoms. The molecule has 0 atom stereocenters. The van der Waals surface area contributed by atoms with Gasteiger partial charge in [-0.15, -0.1) is 0 Å². The van der Waals surface area contributed by atoms with Crippen LogP contribution in [-0.2, 0) is 18.9 Å². The summed E-state index contributed by atoms with van der Waals surface area (Å²) in [5, 5.41) is 0. The van der Waals surface area contributed by atoms with Gasteiger partial charge in [0.05, 0.1) is 40.1 Å². The molecule has 20 heavy (non-hydrogen) atoms. The fourth-order valence-corrected chi connectivity index (χ4v) is 1.84. The topological polar surface area (TPSA) is 36.9 Å². The molecule has 122 valence electrons. The monoisotopic (exact) mass is 292 g/mol. The van der Waals surface area contributed by atoms with Crippen molar-refractivity contribution in [3.8, 4) is 0 Å². The Kier molecular flexibility index (Phi) is 13.6. The van der Waals surface area contributed by atoms with Crippen LogP contribution in [-0.4, -0.2) is 84.0 Å². The van der Waals surface area contributed by atoms with Crippen molar-refractivity contribution in [3.05, 3.63) is 0 Å². The molecule has 0 bridgehead atoms. The average Bonchev–Trinajstić information content (AvgIpc) is 2.43. The minimum Gasteiger partial charge on any atom is -0.379 e. The molecular formula is C15H34NO4+. The van der Waals surface area contributed by atoms with Crippen molar-refractivity contribution >= 4 is 0 Å². The second kappa shape index (κ2) is 13.8. The fourth-order valence-electron chi connectivity index (χ4n) is 1.84. The van der Waals surface area contributed by atoms with Crippen LogP contribution in [0.4, 0.5) is 0 Å². The van der Waals surface area contributed by atoms with Crippen molar-refractivity contribution in [2.75, 3.05) is 79.5 Å². The van der Waals surface area contributed by atoms with Gasteiger partial charge in [-0.2, -0.15) is 0 Å². The summed E-state index contributed by atoms with van der Waals surface area (Å²) in [6.07, 6.45) is 0. The van der Waals surface area contributed by atoms with Gasteiger partial charge in [0, 0.05) is 19.8 Å². The predicted molar refractivity (Wildman–Crippen MR) is 81.1 cm³/mol. The first-order chi connectivity index (χ1) is 9.68. The van der Waals surface area contributed by atoms with E-state index in [1.165, 1.54) is 0 Å². The van der Waals surface area contributed by atoms with Crippen LogP contribution in [0.15, 0.2) is 0 Å². The van der Waals surface area contributed by atoms with Crippen molar-refractivity contribution in [2.45, 2.75) is 20.8 Å². The Morgan fingerprint density at radius 2 is 0.900 bits per heavy atom. The first-order valence-electron chi connectivity index (χ1n) is 7.83. The molecule has 0 aliphatic heterocycles. The van der Waals surface area contributed by atoms with Gasteiger partial charge in [0.1, 0.15) is 19.6 Å². The highest BCUT2D eigenvalue weighted by atomic mass is 16.5. The highest BCUT2D eigenvalue weighted by Gasteiger charge is 2.20. The molecule has 5 nitrogen and oxygen atoms in total. The quantitative estimate of drug-likeness (QED) is 0.339. The van der Waals surface area contributed by atoms with Crippen LogP contribution >= 0.6 is 0 Å². The van der Waals surface area contributed by atoms with Crippen LogP contribution in [0, 0.1) is 0 Å². The Morgan fingerprint density at radius 1 is 0.550 bits per heavy atom. The Hall–Kier alpha value is -0.200. The average molecular weight is 292 g/mol. The van der Waals surface area contributed by atoms with E-state index in [0.29, 0.717) is 13.2 Å². The lowest BCUT2D eigenvalue weighted by atomic mass is 10.3. The van der Waals surface area contributed by atoms with E-state index in [1.54, 1.807) is 0 Å². The molecule has 0 amide bonds. The van der Waals surface area contributed by atoms with Crippen molar-refractivity contribution < 1.29 is 23.4 Å². The maximum atomic E-state index is 5.62. The molecule has 5 heteroatoms. The second-order valence-corrected chi connectivity index (χ2v) is 4.99. The van der Waals surface area contributed by atoms with Gasteiger partial charge in [0.25, 0.3) is 0 Å². The largest absolute Gasteiger partial charge is 0.379 e. The fraction of sp³-hybridized carbons (Fsp3) is 1.00. The zero-order chi connectivity index (χ0) is 15.1. The van der Waals surface area contributed by atoms with Gasteiger partial charge in [-0.05, 0) is 20.8 Å². The third-order valence-electron chi connectivity index (χ3n) is 3.31. The van der Waals surface area contributed by atoms with Gasteiger partial charge in [-0.3, -0.25) is 0 Å². The first kappa shape index (κ1) is 19.8. The number of likely N-dealkylation sites (N-methyl/N-ethyl adjacent to an activating group) is 1. The molecule has 0 N–H and O–H groups in total. The van der Waals surface area contributed by atoms with Crippen LogP contribution in [0.3, 0.4) is 0 Å².